The number of nitrogens with one attached hydrogen (secondary N) is 3. The summed E-state index contributed by atoms with van der Waals surface area (Å²) in [6.45, 7) is 13.2. The molecule has 0 bridgehead atoms. The number of carbonyl (C=O) groups excluding carboxylic acids is 2. The zero-order valence-electron chi connectivity index (χ0n) is 34.1. The van der Waals surface area contributed by atoms with Gasteiger partial charge in [0.25, 0.3) is 5.56 Å². The Morgan fingerprint density at radius 3 is 2.43 bits per heavy atom. The average Bonchev–Trinajstić information content (AvgIpc) is 3.75. The van der Waals surface area contributed by atoms with Gasteiger partial charge in [-0.15, -0.1) is 6.58 Å². The molecule has 2 atom stereocenters. The molecule has 3 aromatic heterocycles. The molecule has 312 valence electrons. The predicted molar refractivity (Wildman–Crippen MR) is 233 cm³/mol. The van der Waals surface area contributed by atoms with Crippen LogP contribution in [0.1, 0.15) is 56.7 Å². The normalized spacial score (nSPS) is 21.3. The van der Waals surface area contributed by atoms with E-state index in [1.54, 1.807) is 21.6 Å². The first-order valence-electron chi connectivity index (χ1n) is 21.3. The van der Waals surface area contributed by atoms with Gasteiger partial charge in [0.05, 0.1) is 12.2 Å². The standard InChI is InChI=1S/C45H53N11O4/c1-3-20-55-43(59)36-28-46-44(51-41(36)56(55)38-14-8-31-16-19-45(60,4-2)40(31)49-38)48-32-9-11-34(12-10-32)54-25-23-52(24-26-54)29-30-17-21-53(22-18-30)35-7-5-6-33(27-35)47-37-13-15-39(57)50-42(37)58/h3,5-12,14,27-28,30,37,47,60H,1,4,13,15-26,29H2,2H3,(H,46,48,51)(H,50,57,58)/t37?,45-/m1/s1. The Labute approximate surface area is 349 Å². The van der Waals surface area contributed by atoms with Crippen LogP contribution in [0.4, 0.5) is 28.7 Å². The molecule has 1 aliphatic carbocycles. The van der Waals surface area contributed by atoms with Crippen LogP contribution in [0.15, 0.2) is 84.3 Å². The van der Waals surface area contributed by atoms with Gasteiger partial charge in [-0.2, -0.15) is 4.98 Å². The second-order valence-electron chi connectivity index (χ2n) is 16.6. The van der Waals surface area contributed by atoms with Gasteiger partial charge in [-0.3, -0.25) is 24.6 Å². The monoisotopic (exact) mass is 811 g/mol. The van der Waals surface area contributed by atoms with Gasteiger partial charge in [-0.05, 0) is 98.5 Å². The molecule has 2 aromatic carbocycles. The third kappa shape index (κ3) is 7.86. The summed E-state index contributed by atoms with van der Waals surface area (Å²) < 4.78 is 3.26. The number of aromatic nitrogens is 5. The molecule has 2 amide bonds. The molecule has 9 rings (SSSR count). The number of hydrogen-bond acceptors (Lipinski definition) is 12. The zero-order chi connectivity index (χ0) is 41.4. The fraction of sp³-hybridized carbons (Fsp3) is 0.422. The van der Waals surface area contributed by atoms with Crippen molar-refractivity contribution in [2.45, 2.75) is 70.1 Å². The van der Waals surface area contributed by atoms with Gasteiger partial charge < -0.3 is 25.5 Å². The van der Waals surface area contributed by atoms with Crippen LogP contribution in [0.5, 0.6) is 0 Å². The number of aryl methyl sites for hydroxylation is 1. The fourth-order valence-electron chi connectivity index (χ4n) is 9.25. The molecule has 4 N–H and O–H groups in total. The number of hydrogen-bond donors (Lipinski definition) is 4. The number of anilines is 5. The number of nitrogens with zero attached hydrogens (tertiary/aromatic N) is 8. The van der Waals surface area contributed by atoms with Crippen molar-refractivity contribution in [3.63, 3.8) is 0 Å². The quantitative estimate of drug-likeness (QED) is 0.102. The molecule has 3 fully saturated rings. The summed E-state index contributed by atoms with van der Waals surface area (Å²) in [5.74, 6) is 1.07. The van der Waals surface area contributed by atoms with Crippen LogP contribution in [-0.4, -0.2) is 98.0 Å². The molecule has 0 radical (unpaired) electrons. The first-order valence-corrected chi connectivity index (χ1v) is 21.3. The zero-order valence-corrected chi connectivity index (χ0v) is 34.1. The van der Waals surface area contributed by atoms with Crippen LogP contribution in [0.25, 0.3) is 16.9 Å². The maximum Gasteiger partial charge on any atom is 0.278 e. The third-order valence-corrected chi connectivity index (χ3v) is 12.8. The van der Waals surface area contributed by atoms with Crippen LogP contribution < -0.4 is 31.3 Å². The smallest absolute Gasteiger partial charge is 0.278 e. The minimum Gasteiger partial charge on any atom is -0.384 e. The molecule has 3 saturated heterocycles. The van der Waals surface area contributed by atoms with E-state index in [1.807, 2.05) is 43.3 Å². The molecule has 0 saturated carbocycles. The van der Waals surface area contributed by atoms with Gasteiger partial charge in [0.2, 0.25) is 17.8 Å². The van der Waals surface area contributed by atoms with Gasteiger partial charge in [0.1, 0.15) is 17.0 Å². The Morgan fingerprint density at radius 1 is 0.900 bits per heavy atom. The Hall–Kier alpha value is -6.06. The lowest BCUT2D eigenvalue weighted by Crippen LogP contribution is -2.49. The van der Waals surface area contributed by atoms with E-state index in [0.29, 0.717) is 60.1 Å². The van der Waals surface area contributed by atoms with Crippen molar-refractivity contribution < 1.29 is 14.7 Å². The molecular formula is C45H53N11O4. The SMILES string of the molecule is C=CCn1c(=O)c2cnc(Nc3ccc(N4CCN(CC5CCN(c6cccc(NC7CCC(=O)NC7=O)c6)CC5)CC4)cc3)nc2n1-c1ccc2c(n1)[C@@](O)(CC)CC2. The van der Waals surface area contributed by atoms with Crippen molar-refractivity contribution in [3.05, 3.63) is 101 Å². The van der Waals surface area contributed by atoms with Crippen LogP contribution in [0.2, 0.25) is 0 Å². The summed E-state index contributed by atoms with van der Waals surface area (Å²) >= 11 is 0. The van der Waals surface area contributed by atoms with E-state index in [-0.39, 0.29) is 30.0 Å². The van der Waals surface area contributed by atoms with E-state index in [2.05, 4.69) is 66.5 Å². The second-order valence-corrected chi connectivity index (χ2v) is 16.6. The van der Waals surface area contributed by atoms with Crippen LogP contribution in [0.3, 0.4) is 0 Å². The fourth-order valence-corrected chi connectivity index (χ4v) is 9.25. The number of piperidine rings is 2. The predicted octanol–water partition coefficient (Wildman–Crippen LogP) is 4.71. The maximum atomic E-state index is 13.5. The Morgan fingerprint density at radius 2 is 1.68 bits per heavy atom. The summed E-state index contributed by atoms with van der Waals surface area (Å²) in [5, 5.41) is 20.7. The van der Waals surface area contributed by atoms with E-state index in [9.17, 15) is 19.5 Å². The number of carbonyl (C=O) groups is 2. The molecular weight excluding hydrogens is 759 g/mol. The summed E-state index contributed by atoms with van der Waals surface area (Å²) in [6, 6.07) is 20.1. The maximum absolute atomic E-state index is 13.5. The van der Waals surface area contributed by atoms with Crippen LogP contribution in [0, 0.1) is 5.92 Å². The lowest BCUT2D eigenvalue weighted by molar-refractivity contribution is -0.133. The largest absolute Gasteiger partial charge is 0.384 e. The van der Waals surface area contributed by atoms with E-state index in [0.717, 1.165) is 87.7 Å². The van der Waals surface area contributed by atoms with Crippen LogP contribution in [-0.2, 0) is 28.2 Å². The number of benzene rings is 2. The second kappa shape index (κ2) is 16.5. The number of allylic oxidation sites excluding steroid dienone is 1. The van der Waals surface area contributed by atoms with Crippen molar-refractivity contribution in [1.29, 1.82) is 0 Å². The van der Waals surface area contributed by atoms with Crippen LogP contribution >= 0.6 is 0 Å². The minimum atomic E-state index is -0.989. The number of aliphatic hydroxyl groups is 1. The van der Waals surface area contributed by atoms with Crippen molar-refractivity contribution in [3.8, 4) is 5.82 Å². The molecule has 60 heavy (non-hydrogen) atoms. The Balaban J connectivity index is 0.790. The molecule has 15 nitrogen and oxygen atoms in total. The molecule has 1 unspecified atom stereocenters. The highest BCUT2D eigenvalue weighted by molar-refractivity contribution is 6.01. The third-order valence-electron chi connectivity index (χ3n) is 12.8. The molecule has 6 heterocycles. The van der Waals surface area contributed by atoms with E-state index < -0.39 is 5.60 Å². The molecule has 4 aliphatic rings. The minimum absolute atomic E-state index is 0.205. The van der Waals surface area contributed by atoms with Crippen molar-refractivity contribution in [2.24, 2.45) is 5.92 Å². The highest BCUT2D eigenvalue weighted by Crippen LogP contribution is 2.38. The average molecular weight is 812 g/mol. The van der Waals surface area contributed by atoms with E-state index >= 15 is 0 Å². The highest BCUT2D eigenvalue weighted by Gasteiger charge is 2.37. The topological polar surface area (TPSA) is 166 Å². The first-order chi connectivity index (χ1) is 29.2. The molecule has 3 aliphatic heterocycles. The van der Waals surface area contributed by atoms with Gasteiger partial charge in [0, 0.05) is 81.2 Å². The van der Waals surface area contributed by atoms with Crippen molar-refractivity contribution in [1.82, 2.24) is 34.5 Å². The van der Waals surface area contributed by atoms with Gasteiger partial charge in [-0.25, -0.2) is 19.3 Å². The molecule has 0 spiro atoms. The summed E-state index contributed by atoms with van der Waals surface area (Å²) in [6.07, 6.45) is 8.32. The first kappa shape index (κ1) is 39.4. The lowest BCUT2D eigenvalue weighted by Gasteiger charge is -2.40. The number of pyridine rings is 1. The number of amides is 2. The lowest BCUT2D eigenvalue weighted by atomic mass is 9.95. The van der Waals surface area contributed by atoms with Gasteiger partial charge >= 0.3 is 0 Å². The Kier molecular flexibility index (Phi) is 10.9. The van der Waals surface area contributed by atoms with Crippen molar-refractivity contribution in [2.75, 3.05) is 66.2 Å². The van der Waals surface area contributed by atoms with E-state index in [4.69, 9.17) is 9.97 Å². The summed E-state index contributed by atoms with van der Waals surface area (Å²) in [7, 11) is 0. The summed E-state index contributed by atoms with van der Waals surface area (Å²) in [5.41, 5.74) is 4.96. The number of rotatable bonds is 12. The number of fused-ring (bicyclic) bond motifs is 2. The molecule has 15 heteroatoms. The van der Waals surface area contributed by atoms with Gasteiger partial charge in [0.15, 0.2) is 11.5 Å². The highest BCUT2D eigenvalue weighted by atomic mass is 16.3. The summed E-state index contributed by atoms with van der Waals surface area (Å²) in [4.78, 5) is 59.0. The van der Waals surface area contributed by atoms with E-state index in [1.165, 1.54) is 5.69 Å². The molecule has 5 aromatic rings. The van der Waals surface area contributed by atoms with Gasteiger partial charge in [-0.1, -0.05) is 25.1 Å². The number of piperazine rings is 1. The Bertz CT molecular complexity index is 2470. The van der Waals surface area contributed by atoms with Crippen molar-refractivity contribution >= 4 is 51.5 Å². The number of imide groups is 1.